The van der Waals surface area contributed by atoms with Crippen molar-refractivity contribution in [1.29, 1.82) is 0 Å². The highest BCUT2D eigenvalue weighted by Gasteiger charge is 2.28. The molecule has 0 unspecified atom stereocenters. The lowest BCUT2D eigenvalue weighted by Crippen LogP contribution is -2.37. The van der Waals surface area contributed by atoms with Gasteiger partial charge in [0.2, 0.25) is 0 Å². The molecule has 0 spiro atoms. The summed E-state index contributed by atoms with van der Waals surface area (Å²) in [5, 5.41) is 2.01. The Kier molecular flexibility index (Phi) is 3.57. The van der Waals surface area contributed by atoms with Gasteiger partial charge in [-0.25, -0.2) is 9.97 Å². The monoisotopic (exact) mass is 408 g/mol. The van der Waals surface area contributed by atoms with Crippen LogP contribution in [0.15, 0.2) is 46.3 Å². The average molecular weight is 409 g/mol. The first kappa shape index (κ1) is 16.3. The summed E-state index contributed by atoms with van der Waals surface area (Å²) >= 11 is 3.09. The Morgan fingerprint density at radius 2 is 2.04 bits per heavy atom. The molecule has 4 aromatic heterocycles. The van der Waals surface area contributed by atoms with Crippen LogP contribution in [-0.4, -0.2) is 38.3 Å². The van der Waals surface area contributed by atoms with Crippen molar-refractivity contribution in [3.05, 3.63) is 52.7 Å². The SMILES string of the molecule is O=C(c1cc2c(nc3sccn32)s1)N1CCC(c2nc3ccccc3o2)CC1. The van der Waals surface area contributed by atoms with Gasteiger partial charge in [0, 0.05) is 30.6 Å². The number of thiophene rings is 1. The number of benzene rings is 1. The fourth-order valence-corrected chi connectivity index (χ4v) is 5.67. The topological polar surface area (TPSA) is 63.6 Å². The lowest BCUT2D eigenvalue weighted by Gasteiger charge is -2.30. The quantitative estimate of drug-likeness (QED) is 0.422. The molecule has 1 saturated heterocycles. The van der Waals surface area contributed by atoms with Crippen molar-refractivity contribution in [2.45, 2.75) is 18.8 Å². The number of para-hydroxylation sites is 2. The number of imidazole rings is 1. The second-order valence-corrected chi connectivity index (χ2v) is 8.96. The van der Waals surface area contributed by atoms with Crippen LogP contribution in [-0.2, 0) is 0 Å². The minimum Gasteiger partial charge on any atom is -0.440 e. The number of carbonyl (C=O) groups is 1. The molecule has 6 nitrogen and oxygen atoms in total. The van der Waals surface area contributed by atoms with E-state index < -0.39 is 0 Å². The van der Waals surface area contributed by atoms with E-state index in [1.54, 1.807) is 11.3 Å². The van der Waals surface area contributed by atoms with Crippen LogP contribution in [0.3, 0.4) is 0 Å². The van der Waals surface area contributed by atoms with Crippen LogP contribution in [0.1, 0.15) is 34.3 Å². The summed E-state index contributed by atoms with van der Waals surface area (Å²) in [4.78, 5) is 26.8. The zero-order chi connectivity index (χ0) is 18.7. The molecule has 1 amide bonds. The number of rotatable bonds is 2. The van der Waals surface area contributed by atoms with Crippen molar-refractivity contribution >= 4 is 55.0 Å². The molecule has 0 N–H and O–H groups in total. The molecule has 0 bridgehead atoms. The summed E-state index contributed by atoms with van der Waals surface area (Å²) in [6.07, 6.45) is 3.75. The summed E-state index contributed by atoms with van der Waals surface area (Å²) < 4.78 is 7.98. The Hall–Kier alpha value is -2.71. The first-order chi connectivity index (χ1) is 13.8. The highest BCUT2D eigenvalue weighted by atomic mass is 32.1. The zero-order valence-corrected chi connectivity index (χ0v) is 16.5. The summed E-state index contributed by atoms with van der Waals surface area (Å²) in [6, 6.07) is 9.82. The molecule has 1 aliphatic rings. The van der Waals surface area contributed by atoms with Gasteiger partial charge in [-0.2, -0.15) is 0 Å². The van der Waals surface area contributed by atoms with Crippen LogP contribution in [0, 0.1) is 0 Å². The molecular formula is C20H16N4O2S2. The maximum Gasteiger partial charge on any atom is 0.264 e. The molecule has 140 valence electrons. The minimum absolute atomic E-state index is 0.1000. The number of likely N-dealkylation sites (tertiary alicyclic amines) is 1. The summed E-state index contributed by atoms with van der Waals surface area (Å²) in [6.45, 7) is 1.44. The minimum atomic E-state index is 0.1000. The third kappa shape index (κ3) is 2.48. The maximum atomic E-state index is 13.0. The smallest absolute Gasteiger partial charge is 0.264 e. The van der Waals surface area contributed by atoms with Crippen LogP contribution in [0.25, 0.3) is 26.4 Å². The van der Waals surface area contributed by atoms with Crippen LogP contribution in [0.2, 0.25) is 0 Å². The largest absolute Gasteiger partial charge is 0.440 e. The van der Waals surface area contributed by atoms with Crippen molar-refractivity contribution in [1.82, 2.24) is 19.3 Å². The van der Waals surface area contributed by atoms with Gasteiger partial charge in [-0.3, -0.25) is 9.20 Å². The molecule has 5 heterocycles. The van der Waals surface area contributed by atoms with E-state index in [9.17, 15) is 4.79 Å². The van der Waals surface area contributed by atoms with Crippen LogP contribution < -0.4 is 0 Å². The van der Waals surface area contributed by atoms with Crippen LogP contribution in [0.4, 0.5) is 0 Å². The zero-order valence-electron chi connectivity index (χ0n) is 14.9. The Morgan fingerprint density at radius 3 is 2.89 bits per heavy atom. The number of amides is 1. The van der Waals surface area contributed by atoms with Crippen LogP contribution >= 0.6 is 22.7 Å². The second-order valence-electron chi connectivity index (χ2n) is 7.05. The van der Waals surface area contributed by atoms with Gasteiger partial charge < -0.3 is 9.32 Å². The normalized spacial score (nSPS) is 15.9. The van der Waals surface area contributed by atoms with Crippen molar-refractivity contribution < 1.29 is 9.21 Å². The number of piperidine rings is 1. The molecule has 6 rings (SSSR count). The molecule has 1 fully saturated rings. The van der Waals surface area contributed by atoms with Gasteiger partial charge in [0.1, 0.15) is 10.3 Å². The number of carbonyl (C=O) groups excluding carboxylic acids is 1. The highest BCUT2D eigenvalue weighted by molar-refractivity contribution is 7.21. The van der Waals surface area contributed by atoms with Crippen molar-refractivity contribution in [2.75, 3.05) is 13.1 Å². The predicted octanol–water partition coefficient (Wildman–Crippen LogP) is 4.77. The van der Waals surface area contributed by atoms with E-state index in [0.29, 0.717) is 0 Å². The second kappa shape index (κ2) is 6.15. The molecular weight excluding hydrogens is 392 g/mol. The number of hydrogen-bond donors (Lipinski definition) is 0. The number of fused-ring (bicyclic) bond motifs is 4. The van der Waals surface area contributed by atoms with Gasteiger partial charge in [-0.15, -0.1) is 22.7 Å². The molecule has 28 heavy (non-hydrogen) atoms. The van der Waals surface area contributed by atoms with E-state index in [1.807, 2.05) is 51.2 Å². The van der Waals surface area contributed by atoms with E-state index in [1.165, 1.54) is 11.3 Å². The fraction of sp³-hybridized carbons (Fsp3) is 0.250. The first-order valence-electron chi connectivity index (χ1n) is 9.26. The summed E-state index contributed by atoms with van der Waals surface area (Å²) in [7, 11) is 0. The predicted molar refractivity (Wildman–Crippen MR) is 110 cm³/mol. The van der Waals surface area contributed by atoms with Crippen molar-refractivity contribution in [3.63, 3.8) is 0 Å². The number of thiazole rings is 1. The van der Waals surface area contributed by atoms with E-state index >= 15 is 0 Å². The molecule has 1 aliphatic heterocycles. The van der Waals surface area contributed by atoms with Crippen molar-refractivity contribution in [2.24, 2.45) is 0 Å². The third-order valence-corrected chi connectivity index (χ3v) is 7.16. The Labute approximate surface area is 168 Å². The van der Waals surface area contributed by atoms with E-state index in [0.717, 1.165) is 63.1 Å². The standard InChI is InChI=1S/C20H16N4O2S2/c25-19(16-11-14-18(28-16)22-20-24(14)9-10-27-20)23-7-5-12(6-8-23)17-21-13-3-1-2-4-15(13)26-17/h1-4,9-12H,5-8H2. The highest BCUT2D eigenvalue weighted by Crippen LogP contribution is 2.33. The number of nitrogens with zero attached hydrogens (tertiary/aromatic N) is 4. The van der Waals surface area contributed by atoms with E-state index in [2.05, 4.69) is 9.97 Å². The first-order valence-corrected chi connectivity index (χ1v) is 11.0. The van der Waals surface area contributed by atoms with Gasteiger partial charge in [-0.1, -0.05) is 12.1 Å². The molecule has 1 aromatic carbocycles. The summed E-state index contributed by atoms with van der Waals surface area (Å²) in [5.74, 6) is 1.16. The molecule has 0 atom stereocenters. The van der Waals surface area contributed by atoms with Gasteiger partial charge in [-0.05, 0) is 31.0 Å². The summed E-state index contributed by atoms with van der Waals surface area (Å²) in [5.41, 5.74) is 2.75. The Balaban J connectivity index is 1.20. The van der Waals surface area contributed by atoms with Gasteiger partial charge in [0.15, 0.2) is 16.4 Å². The van der Waals surface area contributed by atoms with Crippen molar-refractivity contribution in [3.8, 4) is 0 Å². The number of hydrogen-bond acceptors (Lipinski definition) is 6. The fourth-order valence-electron chi connectivity index (χ4n) is 3.90. The molecule has 0 aliphatic carbocycles. The van der Waals surface area contributed by atoms with Gasteiger partial charge >= 0.3 is 0 Å². The molecule has 0 radical (unpaired) electrons. The number of oxazole rings is 1. The van der Waals surface area contributed by atoms with Crippen LogP contribution in [0.5, 0.6) is 0 Å². The lowest BCUT2D eigenvalue weighted by atomic mass is 9.96. The Bertz CT molecular complexity index is 1290. The Morgan fingerprint density at radius 1 is 1.18 bits per heavy atom. The van der Waals surface area contributed by atoms with E-state index in [-0.39, 0.29) is 11.8 Å². The molecule has 5 aromatic rings. The van der Waals surface area contributed by atoms with Gasteiger partial charge in [0.05, 0.1) is 10.4 Å². The maximum absolute atomic E-state index is 13.0. The molecule has 8 heteroatoms. The lowest BCUT2D eigenvalue weighted by molar-refractivity contribution is 0.0711. The van der Waals surface area contributed by atoms with Gasteiger partial charge in [0.25, 0.3) is 5.91 Å². The number of aromatic nitrogens is 3. The third-order valence-electron chi connectivity index (χ3n) is 5.39. The van der Waals surface area contributed by atoms with E-state index in [4.69, 9.17) is 4.42 Å². The average Bonchev–Trinajstić information content (AvgIpc) is 3.47. The molecule has 0 saturated carbocycles.